The zero-order valence-corrected chi connectivity index (χ0v) is 10.7. The van der Waals surface area contributed by atoms with Gasteiger partial charge in [-0.25, -0.2) is 0 Å². The molecule has 0 aromatic heterocycles. The molecular weight excluding hydrogens is 277 g/mol. The van der Waals surface area contributed by atoms with E-state index in [1.165, 1.54) is 11.3 Å². The summed E-state index contributed by atoms with van der Waals surface area (Å²) < 4.78 is 6.43. The lowest BCUT2D eigenvalue weighted by molar-refractivity contribution is 0.122. The van der Waals surface area contributed by atoms with E-state index in [1.807, 2.05) is 6.07 Å². The minimum atomic E-state index is 0.556. The molecule has 82 valence electrons. The number of rotatable bonds is 2. The molecule has 2 rings (SSSR count). The third-order valence-corrected chi connectivity index (χ3v) is 3.32. The van der Waals surface area contributed by atoms with Crippen molar-refractivity contribution in [2.45, 2.75) is 5.88 Å². The Labute approximate surface area is 103 Å². The van der Waals surface area contributed by atoms with Gasteiger partial charge in [0, 0.05) is 29.1 Å². The molecule has 1 heterocycles. The molecule has 1 aliphatic heterocycles. The van der Waals surface area contributed by atoms with Crippen molar-refractivity contribution in [3.8, 4) is 0 Å². The smallest absolute Gasteiger partial charge is 0.0642 e. The topological polar surface area (TPSA) is 12.5 Å². The fourth-order valence-electron chi connectivity index (χ4n) is 1.75. The number of hydrogen-bond acceptors (Lipinski definition) is 2. The molecule has 0 saturated carbocycles. The van der Waals surface area contributed by atoms with Crippen LogP contribution in [0.2, 0.25) is 0 Å². The monoisotopic (exact) mass is 289 g/mol. The van der Waals surface area contributed by atoms with E-state index in [0.29, 0.717) is 5.88 Å². The van der Waals surface area contributed by atoms with E-state index in [2.05, 4.69) is 33.0 Å². The predicted octanol–water partition coefficient (Wildman–Crippen LogP) is 3.02. The van der Waals surface area contributed by atoms with Crippen LogP contribution in [0, 0.1) is 0 Å². The van der Waals surface area contributed by atoms with Crippen LogP contribution in [0.15, 0.2) is 22.7 Å². The van der Waals surface area contributed by atoms with E-state index in [9.17, 15) is 0 Å². The van der Waals surface area contributed by atoms with Crippen LogP contribution >= 0.6 is 27.5 Å². The van der Waals surface area contributed by atoms with Gasteiger partial charge in [0.15, 0.2) is 0 Å². The molecule has 15 heavy (non-hydrogen) atoms. The van der Waals surface area contributed by atoms with Crippen molar-refractivity contribution in [1.29, 1.82) is 0 Å². The highest BCUT2D eigenvalue weighted by Gasteiger charge is 2.14. The number of alkyl halides is 1. The van der Waals surface area contributed by atoms with Crippen molar-refractivity contribution in [2.75, 3.05) is 31.2 Å². The van der Waals surface area contributed by atoms with Gasteiger partial charge in [-0.2, -0.15) is 0 Å². The SMILES string of the molecule is ClCc1ccc(Br)cc1N1CCOCC1. The molecule has 2 nitrogen and oxygen atoms in total. The van der Waals surface area contributed by atoms with E-state index in [1.54, 1.807) is 0 Å². The van der Waals surface area contributed by atoms with Crippen molar-refractivity contribution in [1.82, 2.24) is 0 Å². The maximum Gasteiger partial charge on any atom is 0.0642 e. The van der Waals surface area contributed by atoms with Crippen LogP contribution in [-0.2, 0) is 10.6 Å². The molecule has 1 aromatic rings. The highest BCUT2D eigenvalue weighted by Crippen LogP contribution is 2.27. The molecule has 1 aliphatic rings. The number of anilines is 1. The standard InChI is InChI=1S/C11H13BrClNO/c12-10-2-1-9(8-13)11(7-10)14-3-5-15-6-4-14/h1-2,7H,3-6,8H2. The summed E-state index contributed by atoms with van der Waals surface area (Å²) in [4.78, 5) is 2.33. The van der Waals surface area contributed by atoms with E-state index < -0.39 is 0 Å². The first-order valence-electron chi connectivity index (χ1n) is 4.98. The summed E-state index contributed by atoms with van der Waals surface area (Å²) in [6.07, 6.45) is 0. The number of halogens is 2. The molecule has 0 unspecified atom stereocenters. The average Bonchev–Trinajstić information content (AvgIpc) is 2.30. The van der Waals surface area contributed by atoms with Crippen molar-refractivity contribution in [3.63, 3.8) is 0 Å². The van der Waals surface area contributed by atoms with Crippen molar-refractivity contribution >= 4 is 33.2 Å². The zero-order chi connectivity index (χ0) is 10.7. The largest absolute Gasteiger partial charge is 0.378 e. The van der Waals surface area contributed by atoms with E-state index in [4.69, 9.17) is 16.3 Å². The van der Waals surface area contributed by atoms with Gasteiger partial charge in [0.05, 0.1) is 13.2 Å². The first kappa shape index (κ1) is 11.2. The first-order chi connectivity index (χ1) is 7.31. The zero-order valence-electron chi connectivity index (χ0n) is 8.38. The van der Waals surface area contributed by atoms with E-state index in [-0.39, 0.29) is 0 Å². The maximum absolute atomic E-state index is 5.93. The summed E-state index contributed by atoms with van der Waals surface area (Å²) in [6, 6.07) is 6.23. The number of morpholine rings is 1. The summed E-state index contributed by atoms with van der Waals surface area (Å²) in [5, 5.41) is 0. The van der Waals surface area contributed by atoms with Gasteiger partial charge in [-0.3, -0.25) is 0 Å². The van der Waals surface area contributed by atoms with Gasteiger partial charge in [-0.1, -0.05) is 22.0 Å². The average molecular weight is 291 g/mol. The minimum absolute atomic E-state index is 0.556. The summed E-state index contributed by atoms with van der Waals surface area (Å²) >= 11 is 9.42. The van der Waals surface area contributed by atoms with Gasteiger partial charge in [-0.15, -0.1) is 11.6 Å². The lowest BCUT2D eigenvalue weighted by Gasteiger charge is -2.30. The molecular formula is C11H13BrClNO. The molecule has 0 bridgehead atoms. The number of benzene rings is 1. The number of nitrogens with zero attached hydrogens (tertiary/aromatic N) is 1. The molecule has 0 atom stereocenters. The fraction of sp³-hybridized carbons (Fsp3) is 0.455. The summed E-state index contributed by atoms with van der Waals surface area (Å²) in [5.41, 5.74) is 2.41. The van der Waals surface area contributed by atoms with Gasteiger partial charge >= 0.3 is 0 Å². The van der Waals surface area contributed by atoms with Crippen LogP contribution in [-0.4, -0.2) is 26.3 Å². The van der Waals surface area contributed by atoms with Crippen LogP contribution < -0.4 is 4.90 Å². The maximum atomic E-state index is 5.93. The number of ether oxygens (including phenoxy) is 1. The summed E-state index contributed by atoms with van der Waals surface area (Å²) in [7, 11) is 0. The van der Waals surface area contributed by atoms with Gasteiger partial charge < -0.3 is 9.64 Å². The second kappa shape index (κ2) is 5.19. The van der Waals surface area contributed by atoms with E-state index >= 15 is 0 Å². The molecule has 1 saturated heterocycles. The van der Waals surface area contributed by atoms with Gasteiger partial charge in [-0.05, 0) is 17.7 Å². The third-order valence-electron chi connectivity index (χ3n) is 2.54. The van der Waals surface area contributed by atoms with Crippen LogP contribution in [0.5, 0.6) is 0 Å². The second-order valence-corrected chi connectivity index (χ2v) is 4.69. The van der Waals surface area contributed by atoms with E-state index in [0.717, 1.165) is 30.8 Å². The molecule has 0 aliphatic carbocycles. The Hall–Kier alpha value is -0.250. The lowest BCUT2D eigenvalue weighted by atomic mass is 10.1. The van der Waals surface area contributed by atoms with Crippen LogP contribution in [0.1, 0.15) is 5.56 Å². The summed E-state index contributed by atoms with van der Waals surface area (Å²) in [5.74, 6) is 0.556. The Kier molecular flexibility index (Phi) is 3.89. The Bertz CT molecular complexity index is 339. The molecule has 1 fully saturated rings. The third kappa shape index (κ3) is 2.65. The summed E-state index contributed by atoms with van der Waals surface area (Å²) in [6.45, 7) is 3.49. The molecule has 0 amide bonds. The lowest BCUT2D eigenvalue weighted by Crippen LogP contribution is -2.36. The Balaban J connectivity index is 2.27. The minimum Gasteiger partial charge on any atom is -0.378 e. The molecule has 0 radical (unpaired) electrons. The fourth-order valence-corrected chi connectivity index (χ4v) is 2.32. The van der Waals surface area contributed by atoms with Gasteiger partial charge in [0.1, 0.15) is 0 Å². The molecule has 1 aromatic carbocycles. The Morgan fingerprint density at radius 3 is 2.73 bits per heavy atom. The van der Waals surface area contributed by atoms with Crippen LogP contribution in [0.25, 0.3) is 0 Å². The Morgan fingerprint density at radius 2 is 2.07 bits per heavy atom. The van der Waals surface area contributed by atoms with Crippen molar-refractivity contribution < 1.29 is 4.74 Å². The second-order valence-electron chi connectivity index (χ2n) is 3.51. The molecule has 0 N–H and O–H groups in total. The van der Waals surface area contributed by atoms with Gasteiger partial charge in [0.25, 0.3) is 0 Å². The molecule has 0 spiro atoms. The van der Waals surface area contributed by atoms with Gasteiger partial charge in [0.2, 0.25) is 0 Å². The number of hydrogen-bond donors (Lipinski definition) is 0. The van der Waals surface area contributed by atoms with Crippen molar-refractivity contribution in [3.05, 3.63) is 28.2 Å². The Morgan fingerprint density at radius 1 is 1.33 bits per heavy atom. The first-order valence-corrected chi connectivity index (χ1v) is 6.31. The van der Waals surface area contributed by atoms with Crippen molar-refractivity contribution in [2.24, 2.45) is 0 Å². The van der Waals surface area contributed by atoms with Crippen LogP contribution in [0.4, 0.5) is 5.69 Å². The highest BCUT2D eigenvalue weighted by molar-refractivity contribution is 9.10. The highest BCUT2D eigenvalue weighted by atomic mass is 79.9. The normalized spacial score (nSPS) is 16.8. The predicted molar refractivity (Wildman–Crippen MR) is 66.7 cm³/mol. The van der Waals surface area contributed by atoms with Crippen LogP contribution in [0.3, 0.4) is 0 Å². The molecule has 4 heteroatoms. The quantitative estimate of drug-likeness (QED) is 0.776.